The molecule has 1 fully saturated rings. The molecule has 2 heterocycles. The Morgan fingerprint density at radius 2 is 2.18 bits per heavy atom. The molecule has 1 atom stereocenters. The SMILES string of the molecule is Cc1ccc(S(=O)(=O)NCC2CCNC2)c2cccnc12.Cl. The van der Waals surface area contributed by atoms with E-state index in [0.29, 0.717) is 22.7 Å². The first-order valence-corrected chi connectivity index (χ1v) is 8.61. The van der Waals surface area contributed by atoms with Gasteiger partial charge in [-0.3, -0.25) is 4.98 Å². The van der Waals surface area contributed by atoms with Crippen molar-refractivity contribution in [2.75, 3.05) is 19.6 Å². The first-order chi connectivity index (χ1) is 10.1. The van der Waals surface area contributed by atoms with Gasteiger partial charge in [0, 0.05) is 18.1 Å². The summed E-state index contributed by atoms with van der Waals surface area (Å²) in [7, 11) is -3.51. The summed E-state index contributed by atoms with van der Waals surface area (Å²) in [6, 6.07) is 7.04. The first-order valence-electron chi connectivity index (χ1n) is 7.12. The van der Waals surface area contributed by atoms with Crippen LogP contribution in [0.4, 0.5) is 0 Å². The molecular formula is C15H20ClN3O2S. The van der Waals surface area contributed by atoms with Gasteiger partial charge < -0.3 is 5.32 Å². The van der Waals surface area contributed by atoms with Gasteiger partial charge in [0.2, 0.25) is 10.0 Å². The summed E-state index contributed by atoms with van der Waals surface area (Å²) in [4.78, 5) is 4.60. The van der Waals surface area contributed by atoms with E-state index in [4.69, 9.17) is 0 Å². The van der Waals surface area contributed by atoms with E-state index >= 15 is 0 Å². The number of halogens is 1. The summed E-state index contributed by atoms with van der Waals surface area (Å²) in [6.07, 6.45) is 2.70. The average molecular weight is 342 g/mol. The Bertz CT molecular complexity index is 758. The van der Waals surface area contributed by atoms with E-state index in [2.05, 4.69) is 15.0 Å². The van der Waals surface area contributed by atoms with Crippen LogP contribution in [0.3, 0.4) is 0 Å². The second-order valence-electron chi connectivity index (χ2n) is 5.49. The molecule has 120 valence electrons. The highest BCUT2D eigenvalue weighted by Crippen LogP contribution is 2.24. The molecule has 22 heavy (non-hydrogen) atoms. The largest absolute Gasteiger partial charge is 0.316 e. The van der Waals surface area contributed by atoms with Crippen LogP contribution >= 0.6 is 12.4 Å². The van der Waals surface area contributed by atoms with E-state index in [1.54, 1.807) is 30.5 Å². The molecule has 1 saturated heterocycles. The molecule has 7 heteroatoms. The standard InChI is InChI=1S/C15H19N3O2S.ClH/c1-11-4-5-14(13-3-2-7-17-15(11)13)21(19,20)18-10-12-6-8-16-9-12;/h2-5,7,12,16,18H,6,8-10H2,1H3;1H. The zero-order valence-corrected chi connectivity index (χ0v) is 14.0. The molecule has 3 rings (SSSR count). The topological polar surface area (TPSA) is 71.1 Å². The van der Waals surface area contributed by atoms with E-state index in [0.717, 1.165) is 30.6 Å². The quantitative estimate of drug-likeness (QED) is 0.890. The number of nitrogens with zero attached hydrogens (tertiary/aromatic N) is 1. The van der Waals surface area contributed by atoms with E-state index < -0.39 is 10.0 Å². The molecule has 2 N–H and O–H groups in total. The number of aromatic nitrogens is 1. The molecule has 0 bridgehead atoms. The van der Waals surface area contributed by atoms with Crippen molar-refractivity contribution in [3.63, 3.8) is 0 Å². The van der Waals surface area contributed by atoms with Crippen LogP contribution in [0.5, 0.6) is 0 Å². The fourth-order valence-electron chi connectivity index (χ4n) is 2.72. The van der Waals surface area contributed by atoms with Crippen molar-refractivity contribution in [3.8, 4) is 0 Å². The minimum Gasteiger partial charge on any atom is -0.316 e. The van der Waals surface area contributed by atoms with Crippen LogP contribution < -0.4 is 10.0 Å². The second kappa shape index (κ2) is 6.91. The molecule has 0 amide bonds. The monoisotopic (exact) mass is 341 g/mol. The molecule has 0 radical (unpaired) electrons. The predicted octanol–water partition coefficient (Wildman–Crippen LogP) is 1.85. The van der Waals surface area contributed by atoms with Gasteiger partial charge in [0.1, 0.15) is 0 Å². The number of hydrogen-bond acceptors (Lipinski definition) is 4. The van der Waals surface area contributed by atoms with E-state index in [1.165, 1.54) is 0 Å². The van der Waals surface area contributed by atoms with Crippen LogP contribution in [0.1, 0.15) is 12.0 Å². The van der Waals surface area contributed by atoms with Gasteiger partial charge in [-0.15, -0.1) is 12.4 Å². The van der Waals surface area contributed by atoms with Crippen molar-refractivity contribution in [1.29, 1.82) is 0 Å². The van der Waals surface area contributed by atoms with Gasteiger partial charge in [-0.2, -0.15) is 0 Å². The molecule has 0 spiro atoms. The summed E-state index contributed by atoms with van der Waals surface area (Å²) in [5, 5.41) is 3.92. The number of nitrogens with one attached hydrogen (secondary N) is 2. The fraction of sp³-hybridized carbons (Fsp3) is 0.400. The van der Waals surface area contributed by atoms with E-state index in [-0.39, 0.29) is 12.4 Å². The minimum absolute atomic E-state index is 0. The van der Waals surface area contributed by atoms with Crippen molar-refractivity contribution >= 4 is 33.3 Å². The number of fused-ring (bicyclic) bond motifs is 1. The molecule has 1 aromatic heterocycles. The maximum Gasteiger partial charge on any atom is 0.241 e. The van der Waals surface area contributed by atoms with Crippen LogP contribution in [0.2, 0.25) is 0 Å². The third-order valence-electron chi connectivity index (χ3n) is 3.95. The predicted molar refractivity (Wildman–Crippen MR) is 89.9 cm³/mol. The van der Waals surface area contributed by atoms with Gasteiger partial charge in [0.05, 0.1) is 10.4 Å². The number of benzene rings is 1. The van der Waals surface area contributed by atoms with Crippen LogP contribution in [0, 0.1) is 12.8 Å². The highest BCUT2D eigenvalue weighted by molar-refractivity contribution is 7.89. The second-order valence-corrected chi connectivity index (χ2v) is 7.23. The van der Waals surface area contributed by atoms with Gasteiger partial charge >= 0.3 is 0 Å². The number of pyridine rings is 1. The highest BCUT2D eigenvalue weighted by Gasteiger charge is 2.21. The van der Waals surface area contributed by atoms with Gasteiger partial charge in [0.15, 0.2) is 0 Å². The number of hydrogen-bond donors (Lipinski definition) is 2. The lowest BCUT2D eigenvalue weighted by molar-refractivity contribution is 0.539. The first kappa shape index (κ1) is 17.1. The normalized spacial score (nSPS) is 18.3. The van der Waals surface area contributed by atoms with Crippen LogP contribution in [-0.4, -0.2) is 33.0 Å². The molecule has 1 aromatic carbocycles. The molecule has 2 aromatic rings. The Morgan fingerprint density at radius 1 is 1.36 bits per heavy atom. The number of sulfonamides is 1. The Morgan fingerprint density at radius 3 is 2.91 bits per heavy atom. The maximum absolute atomic E-state index is 12.6. The Balaban J connectivity index is 0.00000176. The molecule has 5 nitrogen and oxygen atoms in total. The Hall–Kier alpha value is -1.21. The molecule has 0 aliphatic carbocycles. The molecular weight excluding hydrogens is 322 g/mol. The minimum atomic E-state index is -3.51. The molecule has 0 saturated carbocycles. The van der Waals surface area contributed by atoms with Crippen molar-refractivity contribution in [2.45, 2.75) is 18.2 Å². The van der Waals surface area contributed by atoms with Crippen molar-refractivity contribution in [3.05, 3.63) is 36.0 Å². The summed E-state index contributed by atoms with van der Waals surface area (Å²) in [5.74, 6) is 0.370. The lowest BCUT2D eigenvalue weighted by Gasteiger charge is -2.13. The Labute approximate surface area is 137 Å². The van der Waals surface area contributed by atoms with Gasteiger partial charge in [0.25, 0.3) is 0 Å². The maximum atomic E-state index is 12.6. The highest BCUT2D eigenvalue weighted by atomic mass is 35.5. The summed E-state index contributed by atoms with van der Waals surface area (Å²) in [6.45, 7) is 4.25. The number of aryl methyl sites for hydroxylation is 1. The third-order valence-corrected chi connectivity index (χ3v) is 5.43. The summed E-state index contributed by atoms with van der Waals surface area (Å²) in [5.41, 5.74) is 1.72. The van der Waals surface area contributed by atoms with Gasteiger partial charge in [-0.05, 0) is 56.1 Å². The molecule has 1 aliphatic rings. The lowest BCUT2D eigenvalue weighted by Crippen LogP contribution is -2.30. The summed E-state index contributed by atoms with van der Waals surface area (Å²) < 4.78 is 27.8. The zero-order valence-electron chi connectivity index (χ0n) is 12.4. The van der Waals surface area contributed by atoms with E-state index in [9.17, 15) is 8.42 Å². The van der Waals surface area contributed by atoms with Crippen molar-refractivity contribution in [2.24, 2.45) is 5.92 Å². The Kier molecular flexibility index (Phi) is 5.39. The van der Waals surface area contributed by atoms with Crippen LogP contribution in [0.25, 0.3) is 10.9 Å². The van der Waals surface area contributed by atoms with Crippen molar-refractivity contribution in [1.82, 2.24) is 15.0 Å². The molecule has 1 aliphatic heterocycles. The van der Waals surface area contributed by atoms with Crippen LogP contribution in [-0.2, 0) is 10.0 Å². The van der Waals surface area contributed by atoms with Crippen molar-refractivity contribution < 1.29 is 8.42 Å². The zero-order chi connectivity index (χ0) is 14.9. The average Bonchev–Trinajstić information content (AvgIpc) is 2.99. The van der Waals surface area contributed by atoms with Gasteiger partial charge in [-0.25, -0.2) is 13.1 Å². The van der Waals surface area contributed by atoms with Gasteiger partial charge in [-0.1, -0.05) is 6.07 Å². The fourth-order valence-corrected chi connectivity index (χ4v) is 4.03. The van der Waals surface area contributed by atoms with E-state index in [1.807, 2.05) is 6.92 Å². The smallest absolute Gasteiger partial charge is 0.241 e. The van der Waals surface area contributed by atoms with Crippen LogP contribution in [0.15, 0.2) is 35.4 Å². The molecule has 1 unspecified atom stereocenters. The summed E-state index contributed by atoms with van der Waals surface area (Å²) >= 11 is 0. The third kappa shape index (κ3) is 3.41. The number of rotatable bonds is 4. The lowest BCUT2D eigenvalue weighted by atomic mass is 10.1.